The molecule has 0 saturated heterocycles. The van der Waals surface area contributed by atoms with Gasteiger partial charge in [0.1, 0.15) is 12.1 Å². The van der Waals surface area contributed by atoms with Gasteiger partial charge in [0, 0.05) is 7.05 Å². The molecule has 0 radical (unpaired) electrons. The Labute approximate surface area is 148 Å². The number of carbonyl (C=O) groups excluding carboxylic acids is 1. The summed E-state index contributed by atoms with van der Waals surface area (Å²) in [5, 5.41) is 13.7. The highest BCUT2D eigenvalue weighted by atomic mass is 16.5. The van der Waals surface area contributed by atoms with Gasteiger partial charge in [0.05, 0.1) is 16.7 Å². The van der Waals surface area contributed by atoms with Gasteiger partial charge in [0.2, 0.25) is 5.95 Å². The van der Waals surface area contributed by atoms with Crippen molar-refractivity contribution in [3.05, 3.63) is 54.9 Å². The molecule has 0 saturated carbocycles. The predicted octanol–water partition coefficient (Wildman–Crippen LogP) is 1.57. The molecule has 0 aliphatic carbocycles. The van der Waals surface area contributed by atoms with Gasteiger partial charge in [-0.2, -0.15) is 0 Å². The molecule has 2 heterocycles. The van der Waals surface area contributed by atoms with E-state index in [1.54, 1.807) is 24.3 Å². The van der Waals surface area contributed by atoms with Crippen molar-refractivity contribution < 1.29 is 9.53 Å². The lowest BCUT2D eigenvalue weighted by molar-refractivity contribution is -0.118. The van der Waals surface area contributed by atoms with Crippen molar-refractivity contribution >= 4 is 22.9 Å². The van der Waals surface area contributed by atoms with E-state index in [0.29, 0.717) is 11.7 Å². The van der Waals surface area contributed by atoms with Gasteiger partial charge in [-0.1, -0.05) is 12.1 Å². The molecule has 0 unspecified atom stereocenters. The lowest BCUT2D eigenvalue weighted by Crippen LogP contribution is -2.22. The van der Waals surface area contributed by atoms with Crippen LogP contribution in [0.4, 0.5) is 5.95 Å². The quantitative estimate of drug-likeness (QED) is 0.587. The lowest BCUT2D eigenvalue weighted by atomic mass is 10.3. The summed E-state index contributed by atoms with van der Waals surface area (Å²) in [6.45, 7) is -0.118. The summed E-state index contributed by atoms with van der Waals surface area (Å²) >= 11 is 0. The van der Waals surface area contributed by atoms with Crippen molar-refractivity contribution in [2.45, 2.75) is 0 Å². The molecule has 2 aromatic heterocycles. The number of aryl methyl sites for hydroxylation is 1. The van der Waals surface area contributed by atoms with Gasteiger partial charge in [0.25, 0.3) is 5.91 Å². The van der Waals surface area contributed by atoms with E-state index in [1.807, 2.05) is 35.9 Å². The summed E-state index contributed by atoms with van der Waals surface area (Å²) in [5.41, 5.74) is 2.57. The molecule has 26 heavy (non-hydrogen) atoms. The van der Waals surface area contributed by atoms with Crippen LogP contribution in [-0.4, -0.2) is 42.3 Å². The number of anilines is 1. The maximum absolute atomic E-state index is 12.1. The standard InChI is InChI=1S/C17H15N7O2/c1-23-15-5-3-2-4-14(15)19-17(23)20-16(25)10-26-13-8-6-12(7-9-13)24-11-18-21-22-24/h2-9,11H,10H2,1H3,(H,19,20,25). The minimum Gasteiger partial charge on any atom is -0.484 e. The number of hydrogen-bond donors (Lipinski definition) is 1. The number of aromatic nitrogens is 6. The Balaban J connectivity index is 1.38. The summed E-state index contributed by atoms with van der Waals surface area (Å²) in [7, 11) is 1.85. The van der Waals surface area contributed by atoms with Crippen LogP contribution in [0, 0.1) is 0 Å². The average Bonchev–Trinajstić information content (AvgIpc) is 3.30. The van der Waals surface area contributed by atoms with Crippen LogP contribution in [0.5, 0.6) is 5.75 Å². The molecule has 1 N–H and O–H groups in total. The van der Waals surface area contributed by atoms with Crippen LogP contribution in [0.25, 0.3) is 16.7 Å². The summed E-state index contributed by atoms with van der Waals surface area (Å²) in [6, 6.07) is 14.8. The summed E-state index contributed by atoms with van der Waals surface area (Å²) in [6.07, 6.45) is 1.50. The average molecular weight is 349 g/mol. The Hall–Kier alpha value is -3.75. The fourth-order valence-corrected chi connectivity index (χ4v) is 2.54. The molecular formula is C17H15N7O2. The van der Waals surface area contributed by atoms with Gasteiger partial charge in [0.15, 0.2) is 6.61 Å². The van der Waals surface area contributed by atoms with Gasteiger partial charge in [-0.15, -0.1) is 5.10 Å². The highest BCUT2D eigenvalue weighted by molar-refractivity contribution is 5.92. The SMILES string of the molecule is Cn1c(NC(=O)COc2ccc(-n3cnnn3)cc2)nc2ccccc21. The first-order chi connectivity index (χ1) is 12.7. The van der Waals surface area contributed by atoms with Crippen molar-refractivity contribution in [2.75, 3.05) is 11.9 Å². The number of rotatable bonds is 5. The van der Waals surface area contributed by atoms with Gasteiger partial charge in [-0.05, 0) is 46.8 Å². The third kappa shape index (κ3) is 3.09. The fourth-order valence-electron chi connectivity index (χ4n) is 2.54. The van der Waals surface area contributed by atoms with E-state index in [0.717, 1.165) is 16.7 Å². The van der Waals surface area contributed by atoms with E-state index < -0.39 is 0 Å². The number of benzene rings is 2. The second-order valence-corrected chi connectivity index (χ2v) is 5.57. The number of hydrogen-bond acceptors (Lipinski definition) is 6. The maximum Gasteiger partial charge on any atom is 0.264 e. The van der Waals surface area contributed by atoms with Gasteiger partial charge in [-0.25, -0.2) is 9.67 Å². The Bertz CT molecular complexity index is 1040. The first-order valence-electron chi connectivity index (χ1n) is 7.88. The maximum atomic E-state index is 12.1. The molecule has 0 bridgehead atoms. The highest BCUT2D eigenvalue weighted by Crippen LogP contribution is 2.18. The van der Waals surface area contributed by atoms with Crippen molar-refractivity contribution in [3.8, 4) is 11.4 Å². The molecule has 0 fully saturated rings. The van der Waals surface area contributed by atoms with Crippen LogP contribution >= 0.6 is 0 Å². The molecule has 4 rings (SSSR count). The summed E-state index contributed by atoms with van der Waals surface area (Å²) < 4.78 is 8.87. The number of fused-ring (bicyclic) bond motifs is 1. The van der Waals surface area contributed by atoms with Crippen LogP contribution < -0.4 is 10.1 Å². The molecular weight excluding hydrogens is 334 g/mol. The van der Waals surface area contributed by atoms with Crippen molar-refractivity contribution in [2.24, 2.45) is 7.05 Å². The first kappa shape index (κ1) is 15.8. The number of imidazole rings is 1. The van der Waals surface area contributed by atoms with Gasteiger partial charge >= 0.3 is 0 Å². The van der Waals surface area contributed by atoms with Gasteiger partial charge in [-0.3, -0.25) is 10.1 Å². The van der Waals surface area contributed by atoms with Crippen LogP contribution in [-0.2, 0) is 11.8 Å². The zero-order valence-corrected chi connectivity index (χ0v) is 13.9. The third-order valence-corrected chi connectivity index (χ3v) is 3.86. The second kappa shape index (κ2) is 6.63. The largest absolute Gasteiger partial charge is 0.484 e. The zero-order chi connectivity index (χ0) is 17.9. The fraction of sp³-hybridized carbons (Fsp3) is 0.118. The first-order valence-corrected chi connectivity index (χ1v) is 7.88. The molecule has 130 valence electrons. The molecule has 0 spiro atoms. The van der Waals surface area contributed by atoms with E-state index in [9.17, 15) is 4.79 Å². The molecule has 2 aromatic carbocycles. The van der Waals surface area contributed by atoms with Gasteiger partial charge < -0.3 is 9.30 Å². The van der Waals surface area contributed by atoms with E-state index in [1.165, 1.54) is 11.0 Å². The van der Waals surface area contributed by atoms with Crippen LogP contribution in [0.2, 0.25) is 0 Å². The molecule has 1 amide bonds. The lowest BCUT2D eigenvalue weighted by Gasteiger charge is -2.08. The minimum absolute atomic E-state index is 0.118. The second-order valence-electron chi connectivity index (χ2n) is 5.57. The van der Waals surface area contributed by atoms with E-state index in [-0.39, 0.29) is 12.5 Å². The molecule has 4 aromatic rings. The number of amides is 1. The number of ether oxygens (including phenoxy) is 1. The summed E-state index contributed by atoms with van der Waals surface area (Å²) in [4.78, 5) is 16.5. The molecule has 9 nitrogen and oxygen atoms in total. The summed E-state index contributed by atoms with van der Waals surface area (Å²) in [5.74, 6) is 0.767. The molecule has 0 aliphatic heterocycles. The van der Waals surface area contributed by atoms with Crippen molar-refractivity contribution in [3.63, 3.8) is 0 Å². The monoisotopic (exact) mass is 349 g/mol. The normalized spacial score (nSPS) is 10.8. The topological polar surface area (TPSA) is 99.8 Å². The molecule has 0 aliphatic rings. The third-order valence-electron chi connectivity index (χ3n) is 3.86. The predicted molar refractivity (Wildman–Crippen MR) is 94.0 cm³/mol. The van der Waals surface area contributed by atoms with Crippen molar-refractivity contribution in [1.29, 1.82) is 0 Å². The Morgan fingerprint density at radius 2 is 1.96 bits per heavy atom. The number of nitrogens with zero attached hydrogens (tertiary/aromatic N) is 6. The molecule has 0 atom stereocenters. The number of tetrazole rings is 1. The van der Waals surface area contributed by atoms with E-state index in [4.69, 9.17) is 4.74 Å². The Morgan fingerprint density at radius 3 is 2.69 bits per heavy atom. The van der Waals surface area contributed by atoms with Crippen LogP contribution in [0.1, 0.15) is 0 Å². The highest BCUT2D eigenvalue weighted by Gasteiger charge is 2.11. The smallest absolute Gasteiger partial charge is 0.264 e. The Morgan fingerprint density at radius 1 is 1.15 bits per heavy atom. The Kier molecular flexibility index (Phi) is 4.02. The van der Waals surface area contributed by atoms with E-state index in [2.05, 4.69) is 25.8 Å². The minimum atomic E-state index is -0.284. The zero-order valence-electron chi connectivity index (χ0n) is 13.9. The van der Waals surface area contributed by atoms with Crippen LogP contribution in [0.3, 0.4) is 0 Å². The number of nitrogens with one attached hydrogen (secondary N) is 1. The van der Waals surface area contributed by atoms with Crippen LogP contribution in [0.15, 0.2) is 54.9 Å². The van der Waals surface area contributed by atoms with Crippen molar-refractivity contribution in [1.82, 2.24) is 29.8 Å². The number of para-hydroxylation sites is 2. The van der Waals surface area contributed by atoms with E-state index >= 15 is 0 Å². The number of carbonyl (C=O) groups is 1. The molecule has 9 heteroatoms.